The molecule has 0 aromatic carbocycles. The van der Waals surface area contributed by atoms with Crippen LogP contribution < -0.4 is 0 Å². The van der Waals surface area contributed by atoms with Crippen molar-refractivity contribution in [3.05, 3.63) is 23.3 Å². The van der Waals surface area contributed by atoms with Crippen molar-refractivity contribution in [2.24, 2.45) is 0 Å². The Hall–Kier alpha value is -1.33. The van der Waals surface area contributed by atoms with Crippen molar-refractivity contribution in [3.8, 4) is 0 Å². The van der Waals surface area contributed by atoms with Crippen LogP contribution in [0.15, 0.2) is 6.20 Å². The summed E-state index contributed by atoms with van der Waals surface area (Å²) < 4.78 is 11.1. The number of hydrogen-bond acceptors (Lipinski definition) is 5. The molecular weight excluding hydrogens is 256 g/mol. The highest BCUT2D eigenvalue weighted by Crippen LogP contribution is 2.34. The Morgan fingerprint density at radius 3 is 2.75 bits per heavy atom. The third kappa shape index (κ3) is 2.36. The first kappa shape index (κ1) is 13.6. The highest BCUT2D eigenvalue weighted by atomic mass is 16.5. The summed E-state index contributed by atoms with van der Waals surface area (Å²) in [6.07, 6.45) is 6.63. The van der Waals surface area contributed by atoms with Crippen molar-refractivity contribution in [3.63, 3.8) is 0 Å². The van der Waals surface area contributed by atoms with Crippen LogP contribution in [0.2, 0.25) is 0 Å². The molecule has 0 saturated carbocycles. The molecule has 1 aromatic heterocycles. The summed E-state index contributed by atoms with van der Waals surface area (Å²) in [6, 6.07) is 0. The van der Waals surface area contributed by atoms with Gasteiger partial charge in [-0.1, -0.05) is 0 Å². The highest BCUT2D eigenvalue weighted by molar-refractivity contribution is 5.97. The van der Waals surface area contributed by atoms with Gasteiger partial charge in [0.25, 0.3) is 0 Å². The number of hydrogen-bond donors (Lipinski definition) is 0. The second kappa shape index (κ2) is 5.58. The van der Waals surface area contributed by atoms with Crippen molar-refractivity contribution in [2.75, 3.05) is 20.3 Å². The Kier molecular flexibility index (Phi) is 3.81. The monoisotopic (exact) mass is 276 g/mol. The number of ketones is 1. The zero-order valence-corrected chi connectivity index (χ0v) is 11.9. The second-order valence-corrected chi connectivity index (χ2v) is 5.50. The van der Waals surface area contributed by atoms with E-state index in [9.17, 15) is 4.79 Å². The average molecular weight is 276 g/mol. The van der Waals surface area contributed by atoms with Crippen molar-refractivity contribution in [1.82, 2.24) is 9.97 Å². The Labute approximate surface area is 118 Å². The maximum atomic E-state index is 12.0. The number of carbonyl (C=O) groups is 1. The molecule has 108 valence electrons. The van der Waals surface area contributed by atoms with E-state index in [2.05, 4.69) is 9.97 Å². The van der Waals surface area contributed by atoms with E-state index in [0.717, 1.165) is 37.8 Å². The van der Waals surface area contributed by atoms with E-state index < -0.39 is 5.60 Å². The number of fused-ring (bicyclic) bond motifs is 1. The summed E-state index contributed by atoms with van der Waals surface area (Å²) in [5, 5.41) is 0. The molecule has 0 N–H and O–H groups in total. The van der Waals surface area contributed by atoms with Crippen LogP contribution in [-0.4, -0.2) is 36.1 Å². The summed E-state index contributed by atoms with van der Waals surface area (Å²) in [5.74, 6) is 0.874. The predicted molar refractivity (Wildman–Crippen MR) is 72.7 cm³/mol. The molecule has 0 unspecified atom stereocenters. The van der Waals surface area contributed by atoms with Crippen molar-refractivity contribution >= 4 is 5.78 Å². The average Bonchev–Trinajstić information content (AvgIpc) is 2.69. The number of aryl methyl sites for hydroxylation is 1. The molecule has 0 spiro atoms. The van der Waals surface area contributed by atoms with E-state index in [1.54, 1.807) is 13.3 Å². The quantitative estimate of drug-likeness (QED) is 0.774. The normalized spacial score (nSPS) is 22.1. The van der Waals surface area contributed by atoms with Crippen LogP contribution >= 0.6 is 0 Å². The van der Waals surface area contributed by atoms with Crippen LogP contribution in [0.25, 0.3) is 0 Å². The van der Waals surface area contributed by atoms with E-state index in [1.165, 1.54) is 0 Å². The van der Waals surface area contributed by atoms with Gasteiger partial charge in [0.1, 0.15) is 5.60 Å². The van der Waals surface area contributed by atoms with Gasteiger partial charge in [0.15, 0.2) is 11.6 Å². The topological polar surface area (TPSA) is 61.3 Å². The van der Waals surface area contributed by atoms with Gasteiger partial charge in [-0.3, -0.25) is 4.79 Å². The van der Waals surface area contributed by atoms with E-state index >= 15 is 0 Å². The number of Topliss-reactive ketones (excluding diaryl/α,β-unsaturated/α-hetero) is 1. The van der Waals surface area contributed by atoms with Crippen LogP contribution in [0.1, 0.15) is 54.0 Å². The largest absolute Gasteiger partial charge is 0.381 e. The zero-order chi connectivity index (χ0) is 14.0. The SMILES string of the molecule is COC1(c2ncc3c(n2)CCCCC3=O)CCOCC1. The number of ether oxygens (including phenoxy) is 2. The maximum Gasteiger partial charge on any atom is 0.166 e. The van der Waals surface area contributed by atoms with Crippen LogP contribution in [0.3, 0.4) is 0 Å². The molecule has 20 heavy (non-hydrogen) atoms. The van der Waals surface area contributed by atoms with E-state index in [4.69, 9.17) is 9.47 Å². The second-order valence-electron chi connectivity index (χ2n) is 5.50. The van der Waals surface area contributed by atoms with Crippen molar-refractivity contribution in [1.29, 1.82) is 0 Å². The summed E-state index contributed by atoms with van der Waals surface area (Å²) >= 11 is 0. The lowest BCUT2D eigenvalue weighted by Gasteiger charge is -2.34. The Morgan fingerprint density at radius 2 is 2.00 bits per heavy atom. The minimum absolute atomic E-state index is 0.169. The third-order valence-corrected chi connectivity index (χ3v) is 4.33. The maximum absolute atomic E-state index is 12.0. The molecule has 0 atom stereocenters. The molecule has 2 aliphatic rings. The summed E-state index contributed by atoms with van der Waals surface area (Å²) in [6.45, 7) is 1.32. The first-order valence-electron chi connectivity index (χ1n) is 7.28. The van der Waals surface area contributed by atoms with Gasteiger partial charge in [-0.25, -0.2) is 9.97 Å². The fraction of sp³-hybridized carbons (Fsp3) is 0.667. The van der Waals surface area contributed by atoms with Gasteiger partial charge in [0.05, 0.1) is 11.3 Å². The third-order valence-electron chi connectivity index (χ3n) is 4.33. The molecular formula is C15H20N2O3. The standard InChI is InChI=1S/C15H20N2O3/c1-19-15(6-8-20-9-7-15)14-16-10-11-12(17-14)4-2-3-5-13(11)18/h10H,2-9H2,1H3. The molecule has 5 nitrogen and oxygen atoms in total. The Balaban J connectivity index is 1.98. The predicted octanol–water partition coefficient (Wildman–Crippen LogP) is 2.04. The summed E-state index contributed by atoms with van der Waals surface area (Å²) in [4.78, 5) is 21.1. The lowest BCUT2D eigenvalue weighted by Crippen LogP contribution is -2.37. The highest BCUT2D eigenvalue weighted by Gasteiger charge is 2.38. The van der Waals surface area contributed by atoms with Crippen LogP contribution in [-0.2, 0) is 21.5 Å². The van der Waals surface area contributed by atoms with E-state index in [0.29, 0.717) is 31.0 Å². The van der Waals surface area contributed by atoms with Gasteiger partial charge < -0.3 is 9.47 Å². The number of carbonyl (C=O) groups excluding carboxylic acids is 1. The first-order valence-corrected chi connectivity index (χ1v) is 7.28. The molecule has 1 saturated heterocycles. The Bertz CT molecular complexity index is 510. The number of aromatic nitrogens is 2. The molecule has 1 aliphatic carbocycles. The van der Waals surface area contributed by atoms with Crippen LogP contribution in [0.4, 0.5) is 0 Å². The zero-order valence-electron chi connectivity index (χ0n) is 11.9. The van der Waals surface area contributed by atoms with Crippen LogP contribution in [0, 0.1) is 0 Å². The van der Waals surface area contributed by atoms with Crippen molar-refractivity contribution in [2.45, 2.75) is 44.1 Å². The van der Waals surface area contributed by atoms with Gasteiger partial charge in [0, 0.05) is 45.8 Å². The molecule has 1 aliphatic heterocycles. The number of rotatable bonds is 2. The fourth-order valence-electron chi connectivity index (χ4n) is 2.99. The molecule has 0 amide bonds. The number of nitrogens with zero attached hydrogens (tertiary/aromatic N) is 2. The van der Waals surface area contributed by atoms with Gasteiger partial charge in [-0.2, -0.15) is 0 Å². The fourth-order valence-corrected chi connectivity index (χ4v) is 2.99. The lowest BCUT2D eigenvalue weighted by molar-refractivity contribution is -0.100. The molecule has 0 radical (unpaired) electrons. The number of methoxy groups -OCH3 is 1. The minimum atomic E-state index is -0.456. The van der Waals surface area contributed by atoms with Gasteiger partial charge >= 0.3 is 0 Å². The lowest BCUT2D eigenvalue weighted by atomic mass is 9.92. The van der Waals surface area contributed by atoms with E-state index in [1.807, 2.05) is 0 Å². The Morgan fingerprint density at radius 1 is 1.25 bits per heavy atom. The minimum Gasteiger partial charge on any atom is -0.381 e. The van der Waals surface area contributed by atoms with Crippen molar-refractivity contribution < 1.29 is 14.3 Å². The molecule has 0 bridgehead atoms. The molecule has 5 heteroatoms. The molecule has 1 aromatic rings. The van der Waals surface area contributed by atoms with Gasteiger partial charge in [-0.15, -0.1) is 0 Å². The van der Waals surface area contributed by atoms with Crippen LogP contribution in [0.5, 0.6) is 0 Å². The van der Waals surface area contributed by atoms with E-state index in [-0.39, 0.29) is 5.78 Å². The smallest absolute Gasteiger partial charge is 0.166 e. The molecule has 3 rings (SSSR count). The molecule has 2 heterocycles. The molecule has 1 fully saturated rings. The first-order chi connectivity index (χ1) is 9.75. The van der Waals surface area contributed by atoms with Gasteiger partial charge in [-0.05, 0) is 19.3 Å². The van der Waals surface area contributed by atoms with Gasteiger partial charge in [0.2, 0.25) is 0 Å². The summed E-state index contributed by atoms with van der Waals surface area (Å²) in [5.41, 5.74) is 1.13. The summed E-state index contributed by atoms with van der Waals surface area (Å²) in [7, 11) is 1.70.